The maximum absolute atomic E-state index is 11.8. The molecule has 2 aromatic rings. The summed E-state index contributed by atoms with van der Waals surface area (Å²) in [6.07, 6.45) is 8.57. The highest BCUT2D eigenvalue weighted by Crippen LogP contribution is 2.60. The fourth-order valence-electron chi connectivity index (χ4n) is 6.35. The predicted molar refractivity (Wildman–Crippen MR) is 109 cm³/mol. The van der Waals surface area contributed by atoms with Crippen molar-refractivity contribution in [1.82, 2.24) is 0 Å². The zero-order chi connectivity index (χ0) is 19.1. The molecule has 0 N–H and O–H groups in total. The molecule has 146 valence electrons. The number of ether oxygens (including phenoxy) is 2. The summed E-state index contributed by atoms with van der Waals surface area (Å²) in [5.74, 6) is 4.15. The van der Waals surface area contributed by atoms with Crippen LogP contribution in [0.25, 0.3) is 0 Å². The van der Waals surface area contributed by atoms with E-state index < -0.39 is 0 Å². The normalized spacial score (nSPS) is 30.2. The zero-order valence-corrected chi connectivity index (χ0v) is 16.5. The molecule has 4 aliphatic rings. The van der Waals surface area contributed by atoms with E-state index in [0.717, 1.165) is 29.3 Å². The fraction of sp³-hybridized carbons (Fsp3) is 0.480. The molecule has 0 radical (unpaired) electrons. The van der Waals surface area contributed by atoms with Crippen molar-refractivity contribution >= 4 is 5.97 Å². The van der Waals surface area contributed by atoms with Gasteiger partial charge in [-0.15, -0.1) is 0 Å². The Kier molecular flexibility index (Phi) is 4.41. The standard InChI is InChI=1S/C25H28O3/c1-2-27-24(26)20-3-7-22(8-4-20)28-23-9-5-21(6-10-23)25-14-17-11-18(15-25)13-19(12-17)16-25/h3-10,17-19H,2,11-16H2,1H3. The third-order valence-electron chi connectivity index (χ3n) is 7.11. The molecule has 3 heteroatoms. The van der Waals surface area contributed by atoms with Gasteiger partial charge in [-0.2, -0.15) is 0 Å². The molecule has 3 nitrogen and oxygen atoms in total. The van der Waals surface area contributed by atoms with Gasteiger partial charge in [0.1, 0.15) is 11.5 Å². The number of carbonyl (C=O) groups excluding carboxylic acids is 1. The molecule has 4 bridgehead atoms. The van der Waals surface area contributed by atoms with Crippen LogP contribution in [0.5, 0.6) is 11.5 Å². The molecule has 6 rings (SSSR count). The van der Waals surface area contributed by atoms with Crippen molar-refractivity contribution in [2.45, 2.75) is 50.9 Å². The van der Waals surface area contributed by atoms with E-state index >= 15 is 0 Å². The molecule has 0 amide bonds. The lowest BCUT2D eigenvalue weighted by Gasteiger charge is -2.57. The van der Waals surface area contributed by atoms with Crippen LogP contribution >= 0.6 is 0 Å². The lowest BCUT2D eigenvalue weighted by atomic mass is 9.48. The van der Waals surface area contributed by atoms with Crippen molar-refractivity contribution in [3.8, 4) is 11.5 Å². The van der Waals surface area contributed by atoms with Crippen LogP contribution in [0.1, 0.15) is 61.4 Å². The van der Waals surface area contributed by atoms with Gasteiger partial charge in [0.15, 0.2) is 0 Å². The summed E-state index contributed by atoms with van der Waals surface area (Å²) in [5.41, 5.74) is 2.48. The summed E-state index contributed by atoms with van der Waals surface area (Å²) >= 11 is 0. The third-order valence-corrected chi connectivity index (χ3v) is 7.11. The van der Waals surface area contributed by atoms with Crippen LogP contribution in [-0.2, 0) is 10.2 Å². The second kappa shape index (κ2) is 6.95. The summed E-state index contributed by atoms with van der Waals surface area (Å²) in [4.78, 5) is 11.8. The molecule has 4 saturated carbocycles. The van der Waals surface area contributed by atoms with Crippen LogP contribution in [0, 0.1) is 17.8 Å². The van der Waals surface area contributed by atoms with Crippen LogP contribution < -0.4 is 4.74 Å². The first kappa shape index (κ1) is 17.8. The van der Waals surface area contributed by atoms with Crippen LogP contribution in [0.4, 0.5) is 0 Å². The minimum Gasteiger partial charge on any atom is -0.462 e. The Bertz CT molecular complexity index is 815. The van der Waals surface area contributed by atoms with Gasteiger partial charge in [0, 0.05) is 0 Å². The van der Waals surface area contributed by atoms with Crippen molar-refractivity contribution in [2.24, 2.45) is 17.8 Å². The van der Waals surface area contributed by atoms with Crippen molar-refractivity contribution in [2.75, 3.05) is 6.61 Å². The Morgan fingerprint density at radius 2 is 1.36 bits per heavy atom. The van der Waals surface area contributed by atoms with E-state index in [0.29, 0.717) is 17.6 Å². The molecule has 0 spiro atoms. The summed E-state index contributed by atoms with van der Waals surface area (Å²) < 4.78 is 11.0. The molecule has 0 aliphatic heterocycles. The third kappa shape index (κ3) is 3.21. The first-order valence-corrected chi connectivity index (χ1v) is 10.7. The second-order valence-corrected chi connectivity index (χ2v) is 9.07. The maximum atomic E-state index is 11.8. The molecule has 0 unspecified atom stereocenters. The van der Waals surface area contributed by atoms with Crippen LogP contribution in [-0.4, -0.2) is 12.6 Å². The van der Waals surface area contributed by atoms with Crippen LogP contribution in [0.2, 0.25) is 0 Å². The summed E-state index contributed by atoms with van der Waals surface area (Å²) in [5, 5.41) is 0. The van der Waals surface area contributed by atoms with E-state index in [-0.39, 0.29) is 5.97 Å². The predicted octanol–water partition coefficient (Wildman–Crippen LogP) is 6.12. The monoisotopic (exact) mass is 376 g/mol. The van der Waals surface area contributed by atoms with Crippen LogP contribution in [0.15, 0.2) is 48.5 Å². The minimum atomic E-state index is -0.297. The summed E-state index contributed by atoms with van der Waals surface area (Å²) in [6, 6.07) is 15.9. The summed E-state index contributed by atoms with van der Waals surface area (Å²) in [7, 11) is 0. The highest BCUT2D eigenvalue weighted by molar-refractivity contribution is 5.89. The Hall–Kier alpha value is -2.29. The van der Waals surface area contributed by atoms with E-state index in [1.54, 1.807) is 12.1 Å². The van der Waals surface area contributed by atoms with Gasteiger partial charge in [-0.05, 0) is 111 Å². The average molecular weight is 376 g/mol. The quantitative estimate of drug-likeness (QED) is 0.589. The minimum absolute atomic E-state index is 0.297. The molecular formula is C25H28O3. The Labute approximate surface area is 167 Å². The van der Waals surface area contributed by atoms with Crippen molar-refractivity contribution in [3.05, 3.63) is 59.7 Å². The Balaban J connectivity index is 1.29. The molecule has 4 aliphatic carbocycles. The van der Waals surface area contributed by atoms with E-state index in [1.807, 2.05) is 19.1 Å². The Morgan fingerprint density at radius 3 is 1.86 bits per heavy atom. The van der Waals surface area contributed by atoms with Gasteiger partial charge in [0.05, 0.1) is 12.2 Å². The van der Waals surface area contributed by atoms with E-state index in [4.69, 9.17) is 9.47 Å². The lowest BCUT2D eigenvalue weighted by Crippen LogP contribution is -2.48. The molecule has 28 heavy (non-hydrogen) atoms. The number of hydrogen-bond donors (Lipinski definition) is 0. The number of benzene rings is 2. The Morgan fingerprint density at radius 1 is 0.857 bits per heavy atom. The molecule has 4 fully saturated rings. The fourth-order valence-corrected chi connectivity index (χ4v) is 6.35. The van der Waals surface area contributed by atoms with Gasteiger partial charge in [-0.25, -0.2) is 4.79 Å². The van der Waals surface area contributed by atoms with Gasteiger partial charge < -0.3 is 9.47 Å². The smallest absolute Gasteiger partial charge is 0.338 e. The SMILES string of the molecule is CCOC(=O)c1ccc(Oc2ccc(C34CC5CC(CC(C5)C3)C4)cc2)cc1. The number of hydrogen-bond acceptors (Lipinski definition) is 3. The van der Waals surface area contributed by atoms with Gasteiger partial charge in [-0.3, -0.25) is 0 Å². The van der Waals surface area contributed by atoms with Crippen LogP contribution in [0.3, 0.4) is 0 Å². The topological polar surface area (TPSA) is 35.5 Å². The molecular weight excluding hydrogens is 348 g/mol. The maximum Gasteiger partial charge on any atom is 0.338 e. The second-order valence-electron chi connectivity index (χ2n) is 9.07. The van der Waals surface area contributed by atoms with E-state index in [1.165, 1.54) is 44.1 Å². The first-order chi connectivity index (χ1) is 13.6. The average Bonchev–Trinajstić information content (AvgIpc) is 2.68. The lowest BCUT2D eigenvalue weighted by molar-refractivity contribution is -0.00520. The largest absolute Gasteiger partial charge is 0.462 e. The molecule has 0 heterocycles. The number of esters is 1. The highest BCUT2D eigenvalue weighted by atomic mass is 16.5. The van der Waals surface area contributed by atoms with Gasteiger partial charge in [0.2, 0.25) is 0 Å². The number of carbonyl (C=O) groups is 1. The van der Waals surface area contributed by atoms with Crippen molar-refractivity contribution in [3.63, 3.8) is 0 Å². The molecule has 0 atom stereocenters. The molecule has 0 aromatic heterocycles. The van der Waals surface area contributed by atoms with Crippen molar-refractivity contribution < 1.29 is 14.3 Å². The highest BCUT2D eigenvalue weighted by Gasteiger charge is 2.51. The van der Waals surface area contributed by atoms with Crippen molar-refractivity contribution in [1.29, 1.82) is 0 Å². The van der Waals surface area contributed by atoms with Gasteiger partial charge in [-0.1, -0.05) is 12.1 Å². The molecule has 2 aromatic carbocycles. The van der Waals surface area contributed by atoms with E-state index in [2.05, 4.69) is 24.3 Å². The van der Waals surface area contributed by atoms with Gasteiger partial charge in [0.25, 0.3) is 0 Å². The number of rotatable bonds is 5. The first-order valence-electron chi connectivity index (χ1n) is 10.7. The summed E-state index contributed by atoms with van der Waals surface area (Å²) in [6.45, 7) is 2.19. The molecule has 0 saturated heterocycles. The zero-order valence-electron chi connectivity index (χ0n) is 16.5. The van der Waals surface area contributed by atoms with E-state index in [9.17, 15) is 4.79 Å². The van der Waals surface area contributed by atoms with Gasteiger partial charge >= 0.3 is 5.97 Å².